The molecule has 0 aliphatic carbocycles. The van der Waals surface area contributed by atoms with Gasteiger partial charge in [0.1, 0.15) is 5.01 Å². The van der Waals surface area contributed by atoms with Crippen LogP contribution in [-0.4, -0.2) is 46.7 Å². The molecule has 2 amide bonds. The zero-order valence-electron chi connectivity index (χ0n) is 14.9. The van der Waals surface area contributed by atoms with E-state index >= 15 is 0 Å². The molecule has 0 spiro atoms. The lowest BCUT2D eigenvalue weighted by Crippen LogP contribution is -2.19. The highest BCUT2D eigenvalue weighted by atomic mass is 32.1. The SMILES string of the molecule is CCOC(=O)Nc1nnc(CC(=O)N/N=C\c2cc3c(cc2[N+](=O)[O-])OCO3)s1. The van der Waals surface area contributed by atoms with Gasteiger partial charge in [-0.15, -0.1) is 10.2 Å². The fraction of sp³-hybridized carbons (Fsp3) is 0.267. The number of nitrogens with zero attached hydrogens (tertiary/aromatic N) is 4. The standard InChI is InChI=1S/C15H14N6O7S/c1-2-26-15(23)17-14-20-19-13(29-14)5-12(22)18-16-6-8-3-10-11(28-7-27-10)4-9(8)21(24)25/h3-4,6H,2,5,7H2,1H3,(H,18,22)(H,17,20,23)/b16-6-. The molecule has 2 heterocycles. The van der Waals surface area contributed by atoms with E-state index in [0.717, 1.165) is 17.6 Å². The number of nitrogens with one attached hydrogen (secondary N) is 2. The average molecular weight is 422 g/mol. The molecule has 0 saturated carbocycles. The molecule has 0 saturated heterocycles. The Morgan fingerprint density at radius 3 is 2.86 bits per heavy atom. The van der Waals surface area contributed by atoms with E-state index < -0.39 is 16.9 Å². The van der Waals surface area contributed by atoms with E-state index in [-0.39, 0.29) is 42.0 Å². The number of amides is 2. The normalized spacial score (nSPS) is 12.0. The molecule has 2 N–H and O–H groups in total. The van der Waals surface area contributed by atoms with Gasteiger partial charge in [-0.05, 0) is 13.0 Å². The number of ether oxygens (including phenoxy) is 3. The smallest absolute Gasteiger partial charge is 0.413 e. The number of hydrogen-bond acceptors (Lipinski definition) is 11. The van der Waals surface area contributed by atoms with Gasteiger partial charge in [0, 0.05) is 0 Å². The first-order valence-corrected chi connectivity index (χ1v) is 8.94. The summed E-state index contributed by atoms with van der Waals surface area (Å²) in [6.07, 6.45) is 0.309. The van der Waals surface area contributed by atoms with E-state index in [0.29, 0.717) is 10.8 Å². The summed E-state index contributed by atoms with van der Waals surface area (Å²) in [6.45, 7) is 1.84. The van der Waals surface area contributed by atoms with Gasteiger partial charge in [0.05, 0.1) is 35.8 Å². The minimum absolute atomic E-state index is 0.0291. The summed E-state index contributed by atoms with van der Waals surface area (Å²) in [5.74, 6) is 0.0868. The largest absolute Gasteiger partial charge is 0.454 e. The van der Waals surface area contributed by atoms with Crippen LogP contribution in [-0.2, 0) is 16.0 Å². The summed E-state index contributed by atoms with van der Waals surface area (Å²) in [7, 11) is 0. The zero-order valence-corrected chi connectivity index (χ0v) is 15.7. The highest BCUT2D eigenvalue weighted by Gasteiger charge is 2.22. The van der Waals surface area contributed by atoms with Crippen molar-refractivity contribution in [3.63, 3.8) is 0 Å². The number of nitro groups is 1. The van der Waals surface area contributed by atoms with E-state index in [4.69, 9.17) is 14.2 Å². The van der Waals surface area contributed by atoms with Gasteiger partial charge in [-0.1, -0.05) is 11.3 Å². The third-order valence-corrected chi connectivity index (χ3v) is 4.21. The molecular formula is C15H14N6O7S. The molecule has 152 valence electrons. The van der Waals surface area contributed by atoms with Crippen LogP contribution in [0.1, 0.15) is 17.5 Å². The van der Waals surface area contributed by atoms with Crippen molar-refractivity contribution in [3.05, 3.63) is 32.8 Å². The highest BCUT2D eigenvalue weighted by Crippen LogP contribution is 2.37. The van der Waals surface area contributed by atoms with Crippen molar-refractivity contribution in [3.8, 4) is 11.5 Å². The summed E-state index contributed by atoms with van der Waals surface area (Å²) in [6, 6.07) is 2.62. The molecule has 0 radical (unpaired) electrons. The van der Waals surface area contributed by atoms with Gasteiger partial charge in [-0.2, -0.15) is 5.10 Å². The van der Waals surface area contributed by atoms with E-state index in [1.807, 2.05) is 0 Å². The van der Waals surface area contributed by atoms with Gasteiger partial charge in [0.15, 0.2) is 11.5 Å². The minimum Gasteiger partial charge on any atom is -0.454 e. The maximum absolute atomic E-state index is 12.0. The first kappa shape index (κ1) is 19.9. The molecule has 29 heavy (non-hydrogen) atoms. The first-order chi connectivity index (χ1) is 14.0. The van der Waals surface area contributed by atoms with Crippen molar-refractivity contribution in [1.29, 1.82) is 0 Å². The molecule has 1 aliphatic heterocycles. The number of aromatic nitrogens is 2. The number of carbonyl (C=O) groups excluding carboxylic acids is 2. The van der Waals surface area contributed by atoms with Crippen LogP contribution in [0.5, 0.6) is 11.5 Å². The quantitative estimate of drug-likeness (QED) is 0.381. The minimum atomic E-state index is -0.672. The van der Waals surface area contributed by atoms with Crippen molar-refractivity contribution in [1.82, 2.24) is 15.6 Å². The monoisotopic (exact) mass is 422 g/mol. The van der Waals surface area contributed by atoms with Crippen LogP contribution in [0, 0.1) is 10.1 Å². The second-order valence-corrected chi connectivity index (χ2v) is 6.40. The average Bonchev–Trinajstić information content (AvgIpc) is 3.29. The van der Waals surface area contributed by atoms with Gasteiger partial charge in [-0.3, -0.25) is 20.2 Å². The molecule has 0 bridgehead atoms. The molecule has 1 aromatic carbocycles. The van der Waals surface area contributed by atoms with Crippen molar-refractivity contribution >= 4 is 40.4 Å². The molecule has 3 rings (SSSR count). The van der Waals surface area contributed by atoms with Gasteiger partial charge in [-0.25, -0.2) is 10.2 Å². The van der Waals surface area contributed by atoms with Crippen LogP contribution in [0.15, 0.2) is 17.2 Å². The molecule has 0 unspecified atom stereocenters. The van der Waals surface area contributed by atoms with Crippen molar-refractivity contribution in [2.45, 2.75) is 13.3 Å². The molecular weight excluding hydrogens is 408 g/mol. The van der Waals surface area contributed by atoms with E-state index in [1.54, 1.807) is 6.92 Å². The Morgan fingerprint density at radius 2 is 2.14 bits per heavy atom. The Bertz CT molecular complexity index is 976. The Labute approximate surface area is 166 Å². The van der Waals surface area contributed by atoms with Gasteiger partial charge >= 0.3 is 6.09 Å². The van der Waals surface area contributed by atoms with E-state index in [9.17, 15) is 19.7 Å². The van der Waals surface area contributed by atoms with Gasteiger partial charge in [0.25, 0.3) is 5.69 Å². The van der Waals surface area contributed by atoms with Gasteiger partial charge < -0.3 is 14.2 Å². The number of rotatable bonds is 7. The summed E-state index contributed by atoms with van der Waals surface area (Å²) in [5.41, 5.74) is 2.14. The number of benzene rings is 1. The topological polar surface area (TPSA) is 167 Å². The number of carbonyl (C=O) groups is 2. The molecule has 0 atom stereocenters. The molecule has 2 aromatic rings. The number of anilines is 1. The van der Waals surface area contributed by atoms with E-state index in [1.165, 1.54) is 12.1 Å². The highest BCUT2D eigenvalue weighted by molar-refractivity contribution is 7.15. The lowest BCUT2D eigenvalue weighted by Gasteiger charge is -2.01. The van der Waals surface area contributed by atoms with Gasteiger partial charge in [0.2, 0.25) is 17.8 Å². The predicted octanol–water partition coefficient (Wildman–Crippen LogP) is 1.44. The molecule has 1 aliphatic rings. The fourth-order valence-corrected chi connectivity index (χ4v) is 2.91. The lowest BCUT2D eigenvalue weighted by atomic mass is 10.1. The maximum atomic E-state index is 12.0. The summed E-state index contributed by atoms with van der Waals surface area (Å²) >= 11 is 0.998. The predicted molar refractivity (Wildman–Crippen MR) is 99.2 cm³/mol. The number of hydrogen-bond donors (Lipinski definition) is 2. The van der Waals surface area contributed by atoms with Crippen LogP contribution in [0.3, 0.4) is 0 Å². The first-order valence-electron chi connectivity index (χ1n) is 8.12. The third kappa shape index (κ3) is 5.13. The molecule has 1 aromatic heterocycles. The number of nitro benzene ring substituents is 1. The summed E-state index contributed by atoms with van der Waals surface area (Å²) in [5, 5.41) is 25.3. The second-order valence-electron chi connectivity index (χ2n) is 5.34. The summed E-state index contributed by atoms with van der Waals surface area (Å²) < 4.78 is 15.0. The molecule has 14 heteroatoms. The third-order valence-electron chi connectivity index (χ3n) is 3.37. The number of fused-ring (bicyclic) bond motifs is 1. The van der Waals surface area contributed by atoms with Crippen LogP contribution in [0.25, 0.3) is 0 Å². The van der Waals surface area contributed by atoms with Crippen LogP contribution >= 0.6 is 11.3 Å². The Kier molecular flexibility index (Phi) is 6.13. The molecule has 13 nitrogen and oxygen atoms in total. The van der Waals surface area contributed by atoms with Crippen molar-refractivity contribution < 1.29 is 28.7 Å². The van der Waals surface area contributed by atoms with E-state index in [2.05, 4.69) is 26.0 Å². The Balaban J connectivity index is 1.59. The second kappa shape index (κ2) is 8.92. The van der Waals surface area contributed by atoms with Crippen molar-refractivity contribution in [2.24, 2.45) is 5.10 Å². The number of hydrazone groups is 1. The maximum Gasteiger partial charge on any atom is 0.413 e. The van der Waals surface area contributed by atoms with Crippen molar-refractivity contribution in [2.75, 3.05) is 18.7 Å². The van der Waals surface area contributed by atoms with Crippen LogP contribution in [0.2, 0.25) is 0 Å². The van der Waals surface area contributed by atoms with Crippen LogP contribution < -0.4 is 20.2 Å². The fourth-order valence-electron chi connectivity index (χ4n) is 2.19. The molecule has 0 fully saturated rings. The zero-order chi connectivity index (χ0) is 20.8. The Hall–Kier alpha value is -3.81. The summed E-state index contributed by atoms with van der Waals surface area (Å²) in [4.78, 5) is 33.9. The lowest BCUT2D eigenvalue weighted by molar-refractivity contribution is -0.385. The Morgan fingerprint density at radius 1 is 1.38 bits per heavy atom. The van der Waals surface area contributed by atoms with Crippen LogP contribution in [0.4, 0.5) is 15.6 Å².